The lowest BCUT2D eigenvalue weighted by Gasteiger charge is -2.37. The van der Waals surface area contributed by atoms with E-state index >= 15 is 0 Å². The number of anilines is 1. The molecule has 2 amide bonds. The largest absolute Gasteiger partial charge is 0.494 e. The van der Waals surface area contributed by atoms with Crippen LogP contribution in [0.2, 0.25) is 0 Å². The van der Waals surface area contributed by atoms with Crippen LogP contribution in [0.15, 0.2) is 60.3 Å². The van der Waals surface area contributed by atoms with Crippen LogP contribution < -0.4 is 19.7 Å². The summed E-state index contributed by atoms with van der Waals surface area (Å²) in [5.41, 5.74) is 1.29. The summed E-state index contributed by atoms with van der Waals surface area (Å²) in [6, 6.07) is 14.8. The van der Waals surface area contributed by atoms with Crippen molar-refractivity contribution in [3.8, 4) is 11.5 Å². The van der Waals surface area contributed by atoms with Crippen molar-refractivity contribution >= 4 is 17.5 Å². The second-order valence-electron chi connectivity index (χ2n) is 9.08. The van der Waals surface area contributed by atoms with Crippen LogP contribution in [0.3, 0.4) is 0 Å². The van der Waals surface area contributed by atoms with Crippen LogP contribution in [-0.2, 0) is 9.59 Å². The van der Waals surface area contributed by atoms with Gasteiger partial charge in [0.05, 0.1) is 14.2 Å². The molecule has 10 heteroatoms. The molecule has 0 aromatic heterocycles. The molecule has 2 aliphatic rings. The Kier molecular flexibility index (Phi) is 7.94. The average Bonchev–Trinajstić information content (AvgIpc) is 3.38. The predicted molar refractivity (Wildman–Crippen MR) is 132 cm³/mol. The molecule has 2 aromatic carbocycles. The molecule has 0 spiro atoms. The molecular weight excluding hydrogens is 487 g/mol. The van der Waals surface area contributed by atoms with E-state index in [1.807, 2.05) is 30.3 Å². The fourth-order valence-electron chi connectivity index (χ4n) is 4.89. The maximum absolute atomic E-state index is 13.8. The Balaban J connectivity index is 1.61. The summed E-state index contributed by atoms with van der Waals surface area (Å²) in [4.78, 5) is 30.2. The molecule has 1 fully saturated rings. The molecule has 2 aromatic rings. The van der Waals surface area contributed by atoms with E-state index in [2.05, 4.69) is 5.32 Å². The number of alkyl halides is 3. The van der Waals surface area contributed by atoms with Crippen LogP contribution in [-0.4, -0.2) is 56.4 Å². The fourth-order valence-corrected chi connectivity index (χ4v) is 4.89. The first kappa shape index (κ1) is 26.4. The van der Waals surface area contributed by atoms with E-state index in [4.69, 9.17) is 9.47 Å². The Bertz CT molecular complexity index is 1130. The van der Waals surface area contributed by atoms with Crippen molar-refractivity contribution in [3.05, 3.63) is 65.9 Å². The maximum atomic E-state index is 13.8. The highest BCUT2D eigenvalue weighted by Crippen LogP contribution is 2.41. The molecule has 198 valence electrons. The third-order valence-corrected chi connectivity index (χ3v) is 6.74. The Morgan fingerprint density at radius 2 is 1.73 bits per heavy atom. The number of hydrogen-bond acceptors (Lipinski definition) is 5. The summed E-state index contributed by atoms with van der Waals surface area (Å²) in [7, 11) is 2.85. The zero-order valence-electron chi connectivity index (χ0n) is 20.8. The number of carbonyl (C=O) groups is 2. The molecule has 4 rings (SSSR count). The summed E-state index contributed by atoms with van der Waals surface area (Å²) in [6.07, 6.45) is -4.22. The van der Waals surface area contributed by atoms with Gasteiger partial charge in [-0.05, 0) is 37.0 Å². The van der Waals surface area contributed by atoms with Crippen LogP contribution in [0.25, 0.3) is 0 Å². The van der Waals surface area contributed by atoms with Gasteiger partial charge in [-0.1, -0.05) is 36.4 Å². The van der Waals surface area contributed by atoms with Crippen LogP contribution in [0.5, 0.6) is 11.5 Å². The first-order chi connectivity index (χ1) is 17.7. The molecule has 37 heavy (non-hydrogen) atoms. The molecular formula is C27H30F3N3O4. The number of methoxy groups -OCH3 is 2. The van der Waals surface area contributed by atoms with Crippen molar-refractivity contribution in [1.82, 2.24) is 10.2 Å². The van der Waals surface area contributed by atoms with Crippen molar-refractivity contribution in [2.75, 3.05) is 32.2 Å². The van der Waals surface area contributed by atoms with E-state index < -0.39 is 30.6 Å². The van der Waals surface area contributed by atoms with Crippen LogP contribution >= 0.6 is 0 Å². The molecule has 0 bridgehead atoms. The zero-order valence-corrected chi connectivity index (χ0v) is 20.8. The monoisotopic (exact) mass is 517 g/mol. The standard InChI is InChI=1S/C27H30F3N3O4/c1-36-21-10-6-11-22(37-2)24(21)33-23(12-7-14-27(28,29)30)31-16-20(26(33)35)25(34)32-15-13-19(17-32)18-8-4-3-5-9-18/h3-6,8-11,16,19,23,31H,7,12-15,17H2,1-2H3/t19?,23-/m0/s1. The number of carbonyl (C=O) groups excluding carboxylic acids is 2. The summed E-state index contributed by atoms with van der Waals surface area (Å²) < 4.78 is 49.4. The number of benzene rings is 2. The van der Waals surface area contributed by atoms with Crippen LogP contribution in [0, 0.1) is 0 Å². The molecule has 1 saturated heterocycles. The fraction of sp³-hybridized carbons (Fsp3) is 0.407. The molecule has 1 unspecified atom stereocenters. The maximum Gasteiger partial charge on any atom is 0.389 e. The van der Waals surface area contributed by atoms with E-state index in [1.54, 1.807) is 23.1 Å². The number of hydrogen-bond donors (Lipinski definition) is 1. The van der Waals surface area contributed by atoms with Crippen molar-refractivity contribution < 1.29 is 32.2 Å². The lowest BCUT2D eigenvalue weighted by atomic mass is 9.99. The minimum Gasteiger partial charge on any atom is -0.494 e. The van der Waals surface area contributed by atoms with Gasteiger partial charge in [-0.2, -0.15) is 13.2 Å². The van der Waals surface area contributed by atoms with Gasteiger partial charge in [0.15, 0.2) is 0 Å². The third kappa shape index (κ3) is 5.84. The Hall–Kier alpha value is -3.69. The van der Waals surface area contributed by atoms with Crippen LogP contribution in [0.4, 0.5) is 18.9 Å². The summed E-state index contributed by atoms with van der Waals surface area (Å²) >= 11 is 0. The summed E-state index contributed by atoms with van der Waals surface area (Å²) in [5.74, 6) is -0.281. The highest BCUT2D eigenvalue weighted by atomic mass is 19.4. The number of para-hydroxylation sites is 1. The second kappa shape index (κ2) is 11.1. The number of likely N-dealkylation sites (tertiary alicyclic amines) is 1. The average molecular weight is 518 g/mol. The van der Waals surface area contributed by atoms with Gasteiger partial charge in [0.1, 0.15) is 28.9 Å². The number of amides is 2. The van der Waals surface area contributed by atoms with Crippen molar-refractivity contribution in [3.63, 3.8) is 0 Å². The Labute approximate surface area is 213 Å². The summed E-state index contributed by atoms with van der Waals surface area (Å²) in [6.45, 7) is 0.969. The number of ether oxygens (including phenoxy) is 2. The van der Waals surface area contributed by atoms with Gasteiger partial charge >= 0.3 is 6.18 Å². The quantitative estimate of drug-likeness (QED) is 0.519. The van der Waals surface area contributed by atoms with E-state index in [9.17, 15) is 22.8 Å². The zero-order chi connectivity index (χ0) is 26.6. The van der Waals surface area contributed by atoms with Gasteiger partial charge in [-0.25, -0.2) is 0 Å². The van der Waals surface area contributed by atoms with E-state index in [1.165, 1.54) is 25.3 Å². The molecule has 2 heterocycles. The highest BCUT2D eigenvalue weighted by molar-refractivity contribution is 6.24. The number of nitrogens with one attached hydrogen (secondary N) is 1. The molecule has 2 aliphatic heterocycles. The molecule has 2 atom stereocenters. The number of halogens is 3. The van der Waals surface area contributed by atoms with Gasteiger partial charge < -0.3 is 19.7 Å². The van der Waals surface area contributed by atoms with Gasteiger partial charge in [0, 0.05) is 31.6 Å². The van der Waals surface area contributed by atoms with Gasteiger partial charge in [0.25, 0.3) is 11.8 Å². The predicted octanol–water partition coefficient (Wildman–Crippen LogP) is 4.60. The van der Waals surface area contributed by atoms with Crippen LogP contribution in [0.1, 0.15) is 37.2 Å². The van der Waals surface area contributed by atoms with Crippen molar-refractivity contribution in [1.29, 1.82) is 0 Å². The van der Waals surface area contributed by atoms with Crippen molar-refractivity contribution in [2.45, 2.75) is 43.9 Å². The Morgan fingerprint density at radius 3 is 2.35 bits per heavy atom. The van der Waals surface area contributed by atoms with Gasteiger partial charge in [-0.3, -0.25) is 14.5 Å². The minimum absolute atomic E-state index is 0.00419. The SMILES string of the molecule is COc1cccc(OC)c1N1C(=O)C(C(=O)N2CCC(c3ccccc3)C2)=CN[C@@H]1CCCC(F)(F)F. The molecule has 1 N–H and O–H groups in total. The molecule has 0 radical (unpaired) electrons. The minimum atomic E-state index is -4.31. The van der Waals surface area contributed by atoms with E-state index in [0.29, 0.717) is 24.6 Å². The van der Waals surface area contributed by atoms with E-state index in [-0.39, 0.29) is 30.0 Å². The molecule has 7 nitrogen and oxygen atoms in total. The lowest BCUT2D eigenvalue weighted by Crippen LogP contribution is -2.54. The first-order valence-corrected chi connectivity index (χ1v) is 12.1. The molecule has 0 aliphatic carbocycles. The van der Waals surface area contributed by atoms with E-state index in [0.717, 1.165) is 12.0 Å². The van der Waals surface area contributed by atoms with Crippen molar-refractivity contribution in [2.24, 2.45) is 0 Å². The lowest BCUT2D eigenvalue weighted by molar-refractivity contribution is -0.135. The number of rotatable bonds is 8. The molecule has 0 saturated carbocycles. The third-order valence-electron chi connectivity index (χ3n) is 6.74. The van der Waals surface area contributed by atoms with Gasteiger partial charge in [-0.15, -0.1) is 0 Å². The second-order valence-corrected chi connectivity index (χ2v) is 9.08. The summed E-state index contributed by atoms with van der Waals surface area (Å²) in [5, 5.41) is 3.00. The number of nitrogens with zero attached hydrogens (tertiary/aromatic N) is 2. The normalized spacial score (nSPS) is 19.9. The highest BCUT2D eigenvalue weighted by Gasteiger charge is 2.40. The Morgan fingerprint density at radius 1 is 1.05 bits per heavy atom. The first-order valence-electron chi connectivity index (χ1n) is 12.1. The smallest absolute Gasteiger partial charge is 0.389 e. The van der Waals surface area contributed by atoms with Gasteiger partial charge in [0.2, 0.25) is 0 Å². The topological polar surface area (TPSA) is 71.1 Å².